The smallest absolute Gasteiger partial charge is 0.256 e. The SMILES string of the molecule is O=C(C1CCCCC1)N1CCc2nc([C@@H]3CCCCN3C(=O)c3ccccc3)[nH]c(=O)c2C1. The second kappa shape index (κ2) is 9.49. The number of nitrogens with zero attached hydrogens (tertiary/aromatic N) is 3. The van der Waals surface area contributed by atoms with Gasteiger partial charge in [0, 0.05) is 31.0 Å². The fraction of sp³-hybridized carbons (Fsp3) is 0.538. The number of benzene rings is 1. The minimum absolute atomic E-state index is 0.0232. The third-order valence-electron chi connectivity index (χ3n) is 7.45. The molecular formula is C26H32N4O3. The molecule has 1 aromatic heterocycles. The minimum atomic E-state index is -0.230. The number of aromatic amines is 1. The van der Waals surface area contributed by atoms with Gasteiger partial charge in [0.05, 0.1) is 23.8 Å². The second-order valence-corrected chi connectivity index (χ2v) is 9.60. The molecule has 1 aromatic carbocycles. The van der Waals surface area contributed by atoms with Gasteiger partial charge < -0.3 is 14.8 Å². The van der Waals surface area contributed by atoms with Crippen LogP contribution in [-0.2, 0) is 17.8 Å². The summed E-state index contributed by atoms with van der Waals surface area (Å²) in [6, 6.07) is 9.06. The van der Waals surface area contributed by atoms with E-state index in [4.69, 9.17) is 4.98 Å². The lowest BCUT2D eigenvalue weighted by Crippen LogP contribution is -2.44. The number of aromatic nitrogens is 2. The Balaban J connectivity index is 1.37. The number of carbonyl (C=O) groups excluding carboxylic acids is 2. The molecule has 1 aliphatic carbocycles. The van der Waals surface area contributed by atoms with Crippen molar-refractivity contribution in [1.82, 2.24) is 19.8 Å². The molecule has 0 bridgehead atoms. The summed E-state index contributed by atoms with van der Waals surface area (Å²) in [5, 5.41) is 0. The van der Waals surface area contributed by atoms with E-state index in [1.807, 2.05) is 40.1 Å². The molecule has 7 heteroatoms. The summed E-state index contributed by atoms with van der Waals surface area (Å²) in [5.74, 6) is 0.849. The summed E-state index contributed by atoms with van der Waals surface area (Å²) in [6.45, 7) is 1.60. The average Bonchev–Trinajstić information content (AvgIpc) is 2.88. The summed E-state index contributed by atoms with van der Waals surface area (Å²) in [4.78, 5) is 50.8. The van der Waals surface area contributed by atoms with Crippen LogP contribution >= 0.6 is 0 Å². The Hall–Kier alpha value is -2.96. The Morgan fingerprint density at radius 1 is 0.939 bits per heavy atom. The number of rotatable bonds is 3. The molecule has 3 aliphatic rings. The Kier molecular flexibility index (Phi) is 6.29. The van der Waals surface area contributed by atoms with Crippen molar-refractivity contribution in [3.8, 4) is 0 Å². The summed E-state index contributed by atoms with van der Waals surface area (Å²) in [6.07, 6.45) is 8.68. The fourth-order valence-corrected chi connectivity index (χ4v) is 5.60. The summed E-state index contributed by atoms with van der Waals surface area (Å²) < 4.78 is 0. The zero-order valence-electron chi connectivity index (χ0n) is 19.1. The number of fused-ring (bicyclic) bond motifs is 1. The number of amides is 2. The molecule has 1 saturated carbocycles. The van der Waals surface area contributed by atoms with Crippen LogP contribution < -0.4 is 5.56 Å². The fourth-order valence-electron chi connectivity index (χ4n) is 5.60. The summed E-state index contributed by atoms with van der Waals surface area (Å²) in [5.41, 5.74) is 1.86. The topological polar surface area (TPSA) is 86.4 Å². The van der Waals surface area contributed by atoms with Crippen molar-refractivity contribution in [3.63, 3.8) is 0 Å². The van der Waals surface area contributed by atoms with Gasteiger partial charge in [-0.15, -0.1) is 0 Å². The van der Waals surface area contributed by atoms with Crippen LogP contribution in [-0.4, -0.2) is 44.7 Å². The molecule has 2 aromatic rings. The maximum Gasteiger partial charge on any atom is 0.256 e. The maximum absolute atomic E-state index is 13.2. The van der Waals surface area contributed by atoms with Crippen molar-refractivity contribution < 1.29 is 9.59 Å². The molecule has 33 heavy (non-hydrogen) atoms. The number of H-pyrrole nitrogens is 1. The molecule has 2 aliphatic heterocycles. The van der Waals surface area contributed by atoms with Crippen molar-refractivity contribution in [2.24, 2.45) is 5.92 Å². The van der Waals surface area contributed by atoms with E-state index in [2.05, 4.69) is 4.98 Å². The molecule has 1 N–H and O–H groups in total. The predicted molar refractivity (Wildman–Crippen MR) is 125 cm³/mol. The van der Waals surface area contributed by atoms with E-state index in [-0.39, 0.29) is 29.3 Å². The maximum atomic E-state index is 13.2. The Bertz CT molecular complexity index is 1070. The van der Waals surface area contributed by atoms with Crippen molar-refractivity contribution in [1.29, 1.82) is 0 Å². The van der Waals surface area contributed by atoms with Gasteiger partial charge in [0.25, 0.3) is 11.5 Å². The molecule has 5 rings (SSSR count). The molecule has 1 atom stereocenters. The van der Waals surface area contributed by atoms with Crippen molar-refractivity contribution in [3.05, 3.63) is 63.3 Å². The first kappa shape index (κ1) is 21.9. The number of carbonyl (C=O) groups is 2. The van der Waals surface area contributed by atoms with Crippen molar-refractivity contribution in [2.45, 2.75) is 70.4 Å². The van der Waals surface area contributed by atoms with Gasteiger partial charge >= 0.3 is 0 Å². The second-order valence-electron chi connectivity index (χ2n) is 9.60. The highest BCUT2D eigenvalue weighted by atomic mass is 16.2. The molecule has 3 heterocycles. The Morgan fingerprint density at radius 3 is 2.48 bits per heavy atom. The Labute approximate surface area is 194 Å². The van der Waals surface area contributed by atoms with Crippen LogP contribution in [0.4, 0.5) is 0 Å². The lowest BCUT2D eigenvalue weighted by atomic mass is 9.88. The molecule has 2 fully saturated rings. The standard InChI is InChI=1S/C26H32N4O3/c31-24-20-17-29(25(32)18-9-3-1-4-10-18)16-14-21(20)27-23(28-24)22-13-7-8-15-30(22)26(33)19-11-5-2-6-12-19/h2,5-6,11-12,18,22H,1,3-4,7-10,13-17H2,(H,27,28,31)/t22-/m0/s1. The van der Waals surface area contributed by atoms with E-state index in [1.54, 1.807) is 0 Å². The molecule has 7 nitrogen and oxygen atoms in total. The Morgan fingerprint density at radius 2 is 1.70 bits per heavy atom. The number of likely N-dealkylation sites (tertiary alicyclic amines) is 1. The van der Waals surface area contributed by atoms with Crippen LogP contribution in [0.2, 0.25) is 0 Å². The zero-order valence-corrected chi connectivity index (χ0v) is 19.1. The average molecular weight is 449 g/mol. The lowest BCUT2D eigenvalue weighted by molar-refractivity contribution is -0.137. The first-order valence-electron chi connectivity index (χ1n) is 12.4. The molecule has 2 amide bonds. The van der Waals surface area contributed by atoms with E-state index >= 15 is 0 Å². The van der Waals surface area contributed by atoms with Gasteiger partial charge in [-0.25, -0.2) is 4.98 Å². The molecular weight excluding hydrogens is 416 g/mol. The van der Waals surface area contributed by atoms with Crippen LogP contribution in [0.1, 0.15) is 84.8 Å². The number of hydrogen-bond acceptors (Lipinski definition) is 4. The van der Waals surface area contributed by atoms with Crippen LogP contribution in [0.25, 0.3) is 0 Å². The van der Waals surface area contributed by atoms with E-state index in [9.17, 15) is 14.4 Å². The minimum Gasteiger partial charge on any atom is -0.337 e. The third kappa shape index (κ3) is 4.45. The van der Waals surface area contributed by atoms with Crippen LogP contribution in [0.5, 0.6) is 0 Å². The summed E-state index contributed by atoms with van der Waals surface area (Å²) in [7, 11) is 0. The van der Waals surface area contributed by atoms with E-state index < -0.39 is 0 Å². The van der Waals surface area contributed by atoms with Crippen LogP contribution in [0.3, 0.4) is 0 Å². The first-order chi connectivity index (χ1) is 16.1. The van der Waals surface area contributed by atoms with Crippen molar-refractivity contribution in [2.75, 3.05) is 13.1 Å². The van der Waals surface area contributed by atoms with Gasteiger partial charge in [0.1, 0.15) is 5.82 Å². The van der Waals surface area contributed by atoms with Gasteiger partial charge in [0.2, 0.25) is 5.91 Å². The van der Waals surface area contributed by atoms with Gasteiger partial charge in [-0.05, 0) is 44.2 Å². The quantitative estimate of drug-likeness (QED) is 0.777. The zero-order chi connectivity index (χ0) is 22.8. The van der Waals surface area contributed by atoms with Crippen molar-refractivity contribution >= 4 is 11.8 Å². The number of nitrogens with one attached hydrogen (secondary N) is 1. The van der Waals surface area contributed by atoms with Gasteiger partial charge in [-0.2, -0.15) is 0 Å². The van der Waals surface area contributed by atoms with E-state index in [1.165, 1.54) is 6.42 Å². The molecule has 0 radical (unpaired) electrons. The van der Waals surface area contributed by atoms with Gasteiger partial charge in [0.15, 0.2) is 0 Å². The highest BCUT2D eigenvalue weighted by Crippen LogP contribution is 2.31. The molecule has 0 unspecified atom stereocenters. The molecule has 0 spiro atoms. The number of hydrogen-bond donors (Lipinski definition) is 1. The van der Waals surface area contributed by atoms with Gasteiger partial charge in [-0.3, -0.25) is 14.4 Å². The third-order valence-corrected chi connectivity index (χ3v) is 7.45. The summed E-state index contributed by atoms with van der Waals surface area (Å²) >= 11 is 0. The van der Waals surface area contributed by atoms with E-state index in [0.29, 0.717) is 43.0 Å². The highest BCUT2D eigenvalue weighted by Gasteiger charge is 2.33. The monoisotopic (exact) mass is 448 g/mol. The van der Waals surface area contributed by atoms with Gasteiger partial charge in [-0.1, -0.05) is 37.5 Å². The van der Waals surface area contributed by atoms with Crippen LogP contribution in [0.15, 0.2) is 35.1 Å². The first-order valence-corrected chi connectivity index (χ1v) is 12.4. The molecule has 174 valence electrons. The highest BCUT2D eigenvalue weighted by molar-refractivity contribution is 5.94. The normalized spacial score (nSPS) is 21.5. The molecule has 1 saturated heterocycles. The largest absolute Gasteiger partial charge is 0.337 e. The lowest BCUT2D eigenvalue weighted by Gasteiger charge is -2.36. The predicted octanol–water partition coefficient (Wildman–Crippen LogP) is 3.60. The van der Waals surface area contributed by atoms with E-state index in [0.717, 1.165) is 50.6 Å². The van der Waals surface area contributed by atoms with Crippen LogP contribution in [0, 0.1) is 5.92 Å². The number of piperidine rings is 1.